The van der Waals surface area contributed by atoms with E-state index in [1.165, 1.54) is 0 Å². The summed E-state index contributed by atoms with van der Waals surface area (Å²) in [5.41, 5.74) is 1.59. The van der Waals surface area contributed by atoms with Gasteiger partial charge in [-0.2, -0.15) is 16.9 Å². The Morgan fingerprint density at radius 1 is 1.25 bits per heavy atom. The Labute approximate surface area is 122 Å². The van der Waals surface area contributed by atoms with Crippen molar-refractivity contribution in [2.24, 2.45) is 0 Å². The third-order valence-electron chi connectivity index (χ3n) is 3.25. The molecule has 0 aromatic carbocycles. The minimum atomic E-state index is 0.0704. The van der Waals surface area contributed by atoms with Crippen LogP contribution in [0.25, 0.3) is 5.82 Å². The Morgan fingerprint density at radius 2 is 2.05 bits per heavy atom. The van der Waals surface area contributed by atoms with Crippen LogP contribution in [0.2, 0.25) is 0 Å². The standard InChI is InChI=1S/C14H16N4OS/c1-11-4-5-18(16-11)13-3-2-12(10-15-13)14(19)17-6-8-20-9-7-17/h2-5,10H,6-9H2,1H3. The van der Waals surface area contributed by atoms with E-state index in [9.17, 15) is 4.79 Å². The molecule has 2 aromatic heterocycles. The number of hydrogen-bond acceptors (Lipinski definition) is 4. The molecule has 20 heavy (non-hydrogen) atoms. The van der Waals surface area contributed by atoms with E-state index in [1.54, 1.807) is 10.9 Å². The summed E-state index contributed by atoms with van der Waals surface area (Å²) in [4.78, 5) is 18.5. The van der Waals surface area contributed by atoms with Crippen LogP contribution in [0.15, 0.2) is 30.6 Å². The van der Waals surface area contributed by atoms with Gasteiger partial charge in [0.25, 0.3) is 5.91 Å². The molecule has 1 saturated heterocycles. The maximum Gasteiger partial charge on any atom is 0.255 e. The molecule has 104 valence electrons. The lowest BCUT2D eigenvalue weighted by Gasteiger charge is -2.26. The summed E-state index contributed by atoms with van der Waals surface area (Å²) in [5.74, 6) is 2.83. The van der Waals surface area contributed by atoms with Gasteiger partial charge in [-0.1, -0.05) is 0 Å². The van der Waals surface area contributed by atoms with Gasteiger partial charge >= 0.3 is 0 Å². The molecule has 0 aliphatic carbocycles. The molecular weight excluding hydrogens is 272 g/mol. The van der Waals surface area contributed by atoms with Crippen LogP contribution in [0, 0.1) is 6.92 Å². The van der Waals surface area contributed by atoms with Crippen molar-refractivity contribution in [2.75, 3.05) is 24.6 Å². The number of thioether (sulfide) groups is 1. The van der Waals surface area contributed by atoms with Crippen molar-refractivity contribution in [2.45, 2.75) is 6.92 Å². The molecule has 1 amide bonds. The van der Waals surface area contributed by atoms with Crippen molar-refractivity contribution in [3.8, 4) is 5.82 Å². The molecule has 0 N–H and O–H groups in total. The van der Waals surface area contributed by atoms with Gasteiger partial charge < -0.3 is 4.90 Å². The summed E-state index contributed by atoms with van der Waals surface area (Å²) in [7, 11) is 0. The van der Waals surface area contributed by atoms with Crippen molar-refractivity contribution in [3.05, 3.63) is 41.9 Å². The van der Waals surface area contributed by atoms with Crippen LogP contribution in [-0.4, -0.2) is 50.2 Å². The minimum Gasteiger partial charge on any atom is -0.337 e. The monoisotopic (exact) mass is 288 g/mol. The number of aryl methyl sites for hydroxylation is 1. The van der Waals surface area contributed by atoms with Gasteiger partial charge in [-0.15, -0.1) is 0 Å². The number of pyridine rings is 1. The Balaban J connectivity index is 1.77. The average Bonchev–Trinajstić information content (AvgIpc) is 2.94. The second-order valence-corrected chi connectivity index (χ2v) is 5.94. The van der Waals surface area contributed by atoms with Crippen LogP contribution < -0.4 is 0 Å². The molecule has 0 radical (unpaired) electrons. The first-order valence-electron chi connectivity index (χ1n) is 6.60. The van der Waals surface area contributed by atoms with Crippen molar-refractivity contribution >= 4 is 17.7 Å². The summed E-state index contributed by atoms with van der Waals surface area (Å²) in [6.45, 7) is 3.58. The molecule has 6 heteroatoms. The van der Waals surface area contributed by atoms with Crippen LogP contribution in [0.4, 0.5) is 0 Å². The zero-order valence-electron chi connectivity index (χ0n) is 11.3. The van der Waals surface area contributed by atoms with E-state index in [1.807, 2.05) is 48.0 Å². The second kappa shape index (κ2) is 5.66. The van der Waals surface area contributed by atoms with E-state index in [0.717, 1.165) is 36.1 Å². The molecule has 1 aliphatic rings. The molecule has 5 nitrogen and oxygen atoms in total. The fraction of sp³-hybridized carbons (Fsp3) is 0.357. The Kier molecular flexibility index (Phi) is 3.73. The summed E-state index contributed by atoms with van der Waals surface area (Å²) in [5, 5.41) is 4.30. The van der Waals surface area contributed by atoms with Crippen LogP contribution >= 0.6 is 11.8 Å². The first-order chi connectivity index (χ1) is 9.74. The molecule has 3 heterocycles. The average molecular weight is 288 g/mol. The van der Waals surface area contributed by atoms with Crippen LogP contribution in [0.3, 0.4) is 0 Å². The third-order valence-corrected chi connectivity index (χ3v) is 4.19. The van der Waals surface area contributed by atoms with Crippen molar-refractivity contribution in [3.63, 3.8) is 0 Å². The van der Waals surface area contributed by atoms with Gasteiger partial charge in [0.05, 0.1) is 11.3 Å². The van der Waals surface area contributed by atoms with Gasteiger partial charge in [0, 0.05) is 37.0 Å². The maximum atomic E-state index is 12.3. The lowest BCUT2D eigenvalue weighted by Crippen LogP contribution is -2.37. The fourth-order valence-corrected chi connectivity index (χ4v) is 3.04. The van der Waals surface area contributed by atoms with Gasteiger partial charge in [0.2, 0.25) is 0 Å². The van der Waals surface area contributed by atoms with Gasteiger partial charge in [0.15, 0.2) is 5.82 Å². The fourth-order valence-electron chi connectivity index (χ4n) is 2.14. The number of carbonyl (C=O) groups is 1. The van der Waals surface area contributed by atoms with Crippen molar-refractivity contribution < 1.29 is 4.79 Å². The van der Waals surface area contributed by atoms with Gasteiger partial charge in [-0.25, -0.2) is 9.67 Å². The van der Waals surface area contributed by atoms with Crippen LogP contribution in [0.1, 0.15) is 16.1 Å². The Bertz CT molecular complexity index is 602. The van der Waals surface area contributed by atoms with E-state index in [-0.39, 0.29) is 5.91 Å². The van der Waals surface area contributed by atoms with E-state index in [2.05, 4.69) is 10.1 Å². The SMILES string of the molecule is Cc1ccn(-c2ccc(C(=O)N3CCSCC3)cn2)n1. The molecule has 0 spiro atoms. The normalized spacial score (nSPS) is 15.3. The first-order valence-corrected chi connectivity index (χ1v) is 7.75. The number of nitrogens with zero attached hydrogens (tertiary/aromatic N) is 4. The summed E-state index contributed by atoms with van der Waals surface area (Å²) in [6, 6.07) is 5.58. The van der Waals surface area contributed by atoms with Crippen LogP contribution in [-0.2, 0) is 0 Å². The third kappa shape index (κ3) is 2.70. The molecule has 3 rings (SSSR count). The van der Waals surface area contributed by atoms with Gasteiger partial charge in [0.1, 0.15) is 0 Å². The molecule has 2 aromatic rings. The predicted molar refractivity (Wildman–Crippen MR) is 79.3 cm³/mol. The highest BCUT2D eigenvalue weighted by molar-refractivity contribution is 7.99. The molecule has 0 saturated carbocycles. The zero-order valence-corrected chi connectivity index (χ0v) is 12.1. The molecule has 1 aliphatic heterocycles. The quantitative estimate of drug-likeness (QED) is 0.845. The van der Waals surface area contributed by atoms with E-state index in [0.29, 0.717) is 5.56 Å². The predicted octanol–water partition coefficient (Wildman–Crippen LogP) is 1.76. The summed E-state index contributed by atoms with van der Waals surface area (Å²) >= 11 is 1.89. The first kappa shape index (κ1) is 13.2. The Morgan fingerprint density at radius 3 is 2.65 bits per heavy atom. The smallest absolute Gasteiger partial charge is 0.255 e. The minimum absolute atomic E-state index is 0.0704. The van der Waals surface area contributed by atoms with E-state index >= 15 is 0 Å². The van der Waals surface area contributed by atoms with Crippen LogP contribution in [0.5, 0.6) is 0 Å². The lowest BCUT2D eigenvalue weighted by molar-refractivity contribution is 0.0772. The van der Waals surface area contributed by atoms with E-state index in [4.69, 9.17) is 0 Å². The number of hydrogen-bond donors (Lipinski definition) is 0. The summed E-state index contributed by atoms with van der Waals surface area (Å²) in [6.07, 6.45) is 3.50. The van der Waals surface area contributed by atoms with Gasteiger partial charge in [-0.05, 0) is 25.1 Å². The number of carbonyl (C=O) groups excluding carboxylic acids is 1. The largest absolute Gasteiger partial charge is 0.337 e. The zero-order chi connectivity index (χ0) is 13.9. The molecule has 0 bridgehead atoms. The second-order valence-electron chi connectivity index (χ2n) is 4.71. The lowest BCUT2D eigenvalue weighted by atomic mass is 10.2. The topological polar surface area (TPSA) is 51.0 Å². The highest BCUT2D eigenvalue weighted by atomic mass is 32.2. The number of amides is 1. The maximum absolute atomic E-state index is 12.3. The number of rotatable bonds is 2. The molecule has 1 fully saturated rings. The molecule has 0 unspecified atom stereocenters. The molecular formula is C14H16N4OS. The van der Waals surface area contributed by atoms with Crippen molar-refractivity contribution in [1.29, 1.82) is 0 Å². The van der Waals surface area contributed by atoms with E-state index < -0.39 is 0 Å². The highest BCUT2D eigenvalue weighted by Gasteiger charge is 2.18. The van der Waals surface area contributed by atoms with Gasteiger partial charge in [-0.3, -0.25) is 4.79 Å². The number of aromatic nitrogens is 3. The Hall–Kier alpha value is -1.82. The highest BCUT2D eigenvalue weighted by Crippen LogP contribution is 2.13. The summed E-state index contributed by atoms with van der Waals surface area (Å²) < 4.78 is 1.71. The van der Waals surface area contributed by atoms with Crippen molar-refractivity contribution in [1.82, 2.24) is 19.7 Å². The molecule has 0 atom stereocenters.